The lowest BCUT2D eigenvalue weighted by molar-refractivity contribution is -0.132. The minimum atomic E-state index is -0.0170. The fourth-order valence-electron chi connectivity index (χ4n) is 4.25. The number of pyridine rings is 1. The van der Waals surface area contributed by atoms with Crippen LogP contribution in [-0.2, 0) is 17.6 Å². The number of aryl methyl sites for hydroxylation is 1. The molecule has 1 aromatic carbocycles. The van der Waals surface area contributed by atoms with Crippen LogP contribution in [0.2, 0.25) is 5.02 Å². The van der Waals surface area contributed by atoms with Crippen molar-refractivity contribution in [2.24, 2.45) is 5.73 Å². The van der Waals surface area contributed by atoms with E-state index in [1.807, 2.05) is 28.0 Å². The van der Waals surface area contributed by atoms with Crippen molar-refractivity contribution in [2.75, 3.05) is 32.7 Å². The number of benzene rings is 1. The highest BCUT2D eigenvalue weighted by atomic mass is 35.5. The van der Waals surface area contributed by atoms with Gasteiger partial charge in [0.05, 0.1) is 10.5 Å². The van der Waals surface area contributed by atoms with Gasteiger partial charge in [0.1, 0.15) is 0 Å². The number of hydrogen-bond donors (Lipinski definition) is 1. The van der Waals surface area contributed by atoms with Gasteiger partial charge in [0.25, 0.3) is 5.91 Å². The summed E-state index contributed by atoms with van der Waals surface area (Å²) in [6, 6.07) is 5.61. The monoisotopic (exact) mass is 414 g/mol. The number of aromatic nitrogens is 1. The number of nitrogens with two attached hydrogens (primary N) is 1. The summed E-state index contributed by atoms with van der Waals surface area (Å²) in [7, 11) is 0. The van der Waals surface area contributed by atoms with Gasteiger partial charge in [0.2, 0.25) is 5.91 Å². The summed E-state index contributed by atoms with van der Waals surface area (Å²) in [6.07, 6.45) is 5.39. The Hall–Kier alpha value is -2.18. The molecule has 7 heteroatoms. The van der Waals surface area contributed by atoms with Crippen LogP contribution in [0.4, 0.5) is 0 Å². The average molecular weight is 415 g/mol. The zero-order valence-electron chi connectivity index (χ0n) is 16.6. The number of carbonyl (C=O) groups excluding carboxylic acids is 2. The molecule has 6 nitrogen and oxygen atoms in total. The SMILES string of the molecule is NCCCC(=O)N1CCN(C(=O)c2ccc3c(Cl)c4c(nc3c2)CCCC4)CC1. The van der Waals surface area contributed by atoms with Crippen LogP contribution in [0.5, 0.6) is 0 Å². The normalized spacial score (nSPS) is 16.8. The summed E-state index contributed by atoms with van der Waals surface area (Å²) in [6.45, 7) is 2.75. The number of carbonyl (C=O) groups is 2. The summed E-state index contributed by atoms with van der Waals surface area (Å²) < 4.78 is 0. The number of halogens is 1. The van der Waals surface area contributed by atoms with Gasteiger partial charge in [-0.1, -0.05) is 17.7 Å². The molecule has 1 fully saturated rings. The molecule has 1 saturated heterocycles. The molecule has 154 valence electrons. The molecule has 1 aromatic heterocycles. The predicted octanol–water partition coefficient (Wildman–Crippen LogP) is 2.79. The van der Waals surface area contributed by atoms with Crippen LogP contribution in [0.15, 0.2) is 18.2 Å². The summed E-state index contributed by atoms with van der Waals surface area (Å²) in [4.78, 5) is 33.6. The number of hydrogen-bond acceptors (Lipinski definition) is 4. The lowest BCUT2D eigenvalue weighted by Gasteiger charge is -2.35. The first-order valence-electron chi connectivity index (χ1n) is 10.5. The van der Waals surface area contributed by atoms with Crippen LogP contribution in [0.3, 0.4) is 0 Å². The van der Waals surface area contributed by atoms with Crippen molar-refractivity contribution in [1.82, 2.24) is 14.8 Å². The lowest BCUT2D eigenvalue weighted by atomic mass is 9.94. The minimum Gasteiger partial charge on any atom is -0.339 e. The number of piperazine rings is 1. The van der Waals surface area contributed by atoms with Crippen molar-refractivity contribution >= 4 is 34.3 Å². The third-order valence-electron chi connectivity index (χ3n) is 5.95. The first-order chi connectivity index (χ1) is 14.1. The Kier molecular flexibility index (Phi) is 6.01. The fraction of sp³-hybridized carbons (Fsp3) is 0.500. The van der Waals surface area contributed by atoms with Crippen LogP contribution in [0.25, 0.3) is 10.9 Å². The molecule has 4 rings (SSSR count). The van der Waals surface area contributed by atoms with Crippen LogP contribution in [0, 0.1) is 0 Å². The Morgan fingerprint density at radius 3 is 2.55 bits per heavy atom. The smallest absolute Gasteiger partial charge is 0.254 e. The molecule has 0 bridgehead atoms. The van der Waals surface area contributed by atoms with E-state index in [4.69, 9.17) is 22.3 Å². The molecule has 1 aliphatic carbocycles. The van der Waals surface area contributed by atoms with Crippen LogP contribution < -0.4 is 5.73 Å². The van der Waals surface area contributed by atoms with Crippen molar-refractivity contribution < 1.29 is 9.59 Å². The molecule has 0 saturated carbocycles. The number of amides is 2. The van der Waals surface area contributed by atoms with Gasteiger partial charge >= 0.3 is 0 Å². The molecule has 0 spiro atoms. The van der Waals surface area contributed by atoms with Gasteiger partial charge in [-0.05, 0) is 56.3 Å². The van der Waals surface area contributed by atoms with E-state index < -0.39 is 0 Å². The standard InChI is InChI=1S/C22H27ClN4O2/c23-21-16-4-1-2-5-18(16)25-19-14-15(7-8-17(19)21)22(29)27-12-10-26(11-13-27)20(28)6-3-9-24/h7-8,14H,1-6,9-13,24H2. The molecular formula is C22H27ClN4O2. The molecule has 2 aromatic rings. The average Bonchev–Trinajstić information content (AvgIpc) is 2.77. The number of rotatable bonds is 4. The van der Waals surface area contributed by atoms with Gasteiger partial charge in [0, 0.05) is 49.2 Å². The molecule has 0 radical (unpaired) electrons. The highest BCUT2D eigenvalue weighted by molar-refractivity contribution is 6.36. The van der Waals surface area contributed by atoms with Crippen molar-refractivity contribution in [3.63, 3.8) is 0 Å². The van der Waals surface area contributed by atoms with Crippen molar-refractivity contribution in [1.29, 1.82) is 0 Å². The highest BCUT2D eigenvalue weighted by Gasteiger charge is 2.25. The van der Waals surface area contributed by atoms with E-state index in [9.17, 15) is 9.59 Å². The summed E-state index contributed by atoms with van der Waals surface area (Å²) in [5.41, 5.74) is 9.13. The molecule has 2 heterocycles. The van der Waals surface area contributed by atoms with Crippen LogP contribution >= 0.6 is 11.6 Å². The maximum absolute atomic E-state index is 13.0. The van der Waals surface area contributed by atoms with Crippen LogP contribution in [-0.4, -0.2) is 59.3 Å². The van der Waals surface area contributed by atoms with E-state index in [1.54, 1.807) is 0 Å². The fourth-order valence-corrected chi connectivity index (χ4v) is 4.62. The second kappa shape index (κ2) is 8.67. The second-order valence-electron chi connectivity index (χ2n) is 7.86. The zero-order chi connectivity index (χ0) is 20.4. The first kappa shape index (κ1) is 20.1. The van der Waals surface area contributed by atoms with E-state index in [0.717, 1.165) is 47.3 Å². The first-order valence-corrected chi connectivity index (χ1v) is 10.8. The molecule has 29 heavy (non-hydrogen) atoms. The van der Waals surface area contributed by atoms with Gasteiger partial charge in [-0.15, -0.1) is 0 Å². The predicted molar refractivity (Wildman–Crippen MR) is 114 cm³/mol. The van der Waals surface area contributed by atoms with E-state index in [0.29, 0.717) is 51.1 Å². The third-order valence-corrected chi connectivity index (χ3v) is 6.39. The van der Waals surface area contributed by atoms with Crippen molar-refractivity contribution in [3.05, 3.63) is 40.0 Å². The zero-order valence-corrected chi connectivity index (χ0v) is 17.4. The van der Waals surface area contributed by atoms with E-state index in [-0.39, 0.29) is 11.8 Å². The molecule has 2 aliphatic rings. The van der Waals surface area contributed by atoms with E-state index in [2.05, 4.69) is 0 Å². The highest BCUT2D eigenvalue weighted by Crippen LogP contribution is 2.33. The second-order valence-corrected chi connectivity index (χ2v) is 8.23. The van der Waals surface area contributed by atoms with Crippen molar-refractivity contribution in [3.8, 4) is 0 Å². The maximum Gasteiger partial charge on any atom is 0.254 e. The Morgan fingerprint density at radius 1 is 1.07 bits per heavy atom. The largest absolute Gasteiger partial charge is 0.339 e. The number of fused-ring (bicyclic) bond motifs is 2. The van der Waals surface area contributed by atoms with Crippen LogP contribution in [0.1, 0.15) is 47.3 Å². The van der Waals surface area contributed by atoms with Gasteiger partial charge in [-0.3, -0.25) is 14.6 Å². The summed E-state index contributed by atoms with van der Waals surface area (Å²) in [5.74, 6) is 0.105. The number of nitrogens with zero attached hydrogens (tertiary/aromatic N) is 3. The lowest BCUT2D eigenvalue weighted by Crippen LogP contribution is -2.50. The Morgan fingerprint density at radius 2 is 1.79 bits per heavy atom. The summed E-state index contributed by atoms with van der Waals surface area (Å²) in [5, 5.41) is 1.70. The quantitative estimate of drug-likeness (QED) is 0.834. The topological polar surface area (TPSA) is 79.5 Å². The van der Waals surface area contributed by atoms with Crippen molar-refractivity contribution in [2.45, 2.75) is 38.5 Å². The molecule has 1 aliphatic heterocycles. The third kappa shape index (κ3) is 4.09. The molecular weight excluding hydrogens is 388 g/mol. The summed E-state index contributed by atoms with van der Waals surface area (Å²) >= 11 is 6.64. The molecule has 2 N–H and O–H groups in total. The van der Waals surface area contributed by atoms with Gasteiger partial charge < -0.3 is 15.5 Å². The molecule has 2 amide bonds. The Labute approximate surface area is 176 Å². The van der Waals surface area contributed by atoms with E-state index >= 15 is 0 Å². The Balaban J connectivity index is 1.49. The molecule has 0 atom stereocenters. The van der Waals surface area contributed by atoms with Gasteiger partial charge in [-0.2, -0.15) is 0 Å². The van der Waals surface area contributed by atoms with E-state index in [1.165, 1.54) is 5.56 Å². The molecule has 0 unspecified atom stereocenters. The van der Waals surface area contributed by atoms with Gasteiger partial charge in [0.15, 0.2) is 0 Å². The maximum atomic E-state index is 13.0. The Bertz CT molecular complexity index is 938. The minimum absolute atomic E-state index is 0.0170. The van der Waals surface area contributed by atoms with Gasteiger partial charge in [-0.25, -0.2) is 0 Å².